The van der Waals surface area contributed by atoms with Crippen LogP contribution in [0.2, 0.25) is 0 Å². The van der Waals surface area contributed by atoms with Crippen LogP contribution >= 0.6 is 0 Å². The van der Waals surface area contributed by atoms with E-state index in [1.54, 1.807) is 18.2 Å². The zero-order valence-electron chi connectivity index (χ0n) is 17.3. The Morgan fingerprint density at radius 2 is 1.61 bits per heavy atom. The summed E-state index contributed by atoms with van der Waals surface area (Å²) in [5.74, 6) is -0.286. The zero-order valence-corrected chi connectivity index (χ0v) is 18.1. The Bertz CT molecular complexity index is 1540. The molecule has 0 fully saturated rings. The number of carbonyl (C=O) groups excluding carboxylic acids is 1. The van der Waals surface area contributed by atoms with E-state index in [0.29, 0.717) is 28.8 Å². The van der Waals surface area contributed by atoms with Gasteiger partial charge in [-0.25, -0.2) is 12.4 Å². The fourth-order valence-electron chi connectivity index (χ4n) is 4.45. The van der Waals surface area contributed by atoms with Crippen molar-refractivity contribution in [3.63, 3.8) is 0 Å². The summed E-state index contributed by atoms with van der Waals surface area (Å²) in [5.41, 5.74) is 3.10. The van der Waals surface area contributed by atoms with Crippen LogP contribution in [0.25, 0.3) is 17.0 Å². The second kappa shape index (κ2) is 7.83. The molecule has 0 saturated heterocycles. The predicted molar refractivity (Wildman–Crippen MR) is 125 cm³/mol. The number of rotatable bonds is 5. The number of allylic oxidation sites excluding steroid dienone is 1. The van der Waals surface area contributed by atoms with E-state index >= 15 is 0 Å². The van der Waals surface area contributed by atoms with Crippen LogP contribution in [-0.4, -0.2) is 23.6 Å². The third kappa shape index (κ3) is 3.35. The second-order valence-corrected chi connectivity index (χ2v) is 9.61. The van der Waals surface area contributed by atoms with E-state index in [1.165, 1.54) is 28.2 Å². The molecule has 8 heteroatoms. The maximum atomic E-state index is 13.8. The smallest absolute Gasteiger partial charge is 0.269 e. The molecule has 1 heterocycles. The van der Waals surface area contributed by atoms with Gasteiger partial charge in [0.2, 0.25) is 0 Å². The van der Waals surface area contributed by atoms with Crippen LogP contribution < -0.4 is 0 Å². The molecule has 1 atom stereocenters. The molecule has 0 aliphatic heterocycles. The van der Waals surface area contributed by atoms with E-state index < -0.39 is 14.9 Å². The summed E-state index contributed by atoms with van der Waals surface area (Å²) in [7, 11) is -4.06. The molecule has 1 aromatic heterocycles. The molecule has 0 radical (unpaired) electrons. The van der Waals surface area contributed by atoms with Crippen LogP contribution in [0.1, 0.15) is 22.7 Å². The number of benzene rings is 3. The number of para-hydroxylation sites is 1. The summed E-state index contributed by atoms with van der Waals surface area (Å²) in [6.45, 7) is 0. The Kier molecular flexibility index (Phi) is 4.94. The van der Waals surface area contributed by atoms with Gasteiger partial charge in [0.1, 0.15) is 6.29 Å². The second-order valence-electron chi connectivity index (χ2n) is 7.83. The number of hydrogen-bond acceptors (Lipinski definition) is 5. The first-order valence-corrected chi connectivity index (χ1v) is 11.7. The molecule has 33 heavy (non-hydrogen) atoms. The maximum absolute atomic E-state index is 13.8. The van der Waals surface area contributed by atoms with Gasteiger partial charge < -0.3 is 0 Å². The number of nitrogens with zero attached hydrogens (tertiary/aromatic N) is 2. The SMILES string of the molecule is O=CC1=Cc2c(n(S(=O)(=O)c3ccc([N+](=O)[O-])cc3)c3ccccc23)C[C@@H]1c1ccccc1. The number of nitro groups is 1. The van der Waals surface area contributed by atoms with E-state index in [9.17, 15) is 23.3 Å². The first-order valence-electron chi connectivity index (χ1n) is 10.3. The van der Waals surface area contributed by atoms with Crippen LogP contribution in [0.15, 0.2) is 89.3 Å². The fourth-order valence-corrected chi connectivity index (χ4v) is 6.02. The van der Waals surface area contributed by atoms with Crippen LogP contribution in [0.3, 0.4) is 0 Å². The average Bonchev–Trinajstić information content (AvgIpc) is 3.18. The zero-order chi connectivity index (χ0) is 23.2. The minimum absolute atomic E-state index is 0.0434. The topological polar surface area (TPSA) is 99.3 Å². The highest BCUT2D eigenvalue weighted by atomic mass is 32.2. The first kappa shape index (κ1) is 20.8. The molecule has 0 N–H and O–H groups in total. The van der Waals surface area contributed by atoms with E-state index in [2.05, 4.69) is 0 Å². The van der Waals surface area contributed by atoms with Crippen molar-refractivity contribution in [3.8, 4) is 0 Å². The lowest BCUT2D eigenvalue weighted by atomic mass is 9.82. The average molecular weight is 458 g/mol. The number of non-ortho nitro benzene ring substituents is 1. The van der Waals surface area contributed by atoms with Crippen molar-refractivity contribution < 1.29 is 18.1 Å². The summed E-state index contributed by atoms with van der Waals surface area (Å²) in [6, 6.07) is 21.5. The molecule has 5 rings (SSSR count). The van der Waals surface area contributed by atoms with Gasteiger partial charge in [0.15, 0.2) is 0 Å². The van der Waals surface area contributed by atoms with Gasteiger partial charge in [0.25, 0.3) is 15.7 Å². The first-order chi connectivity index (χ1) is 15.9. The Labute approximate surface area is 189 Å². The quantitative estimate of drug-likeness (QED) is 0.245. The van der Waals surface area contributed by atoms with Gasteiger partial charge in [0.05, 0.1) is 15.3 Å². The van der Waals surface area contributed by atoms with E-state index in [-0.39, 0.29) is 16.5 Å². The van der Waals surface area contributed by atoms with Gasteiger partial charge in [-0.05, 0) is 29.8 Å². The van der Waals surface area contributed by atoms with Gasteiger partial charge in [-0.3, -0.25) is 14.9 Å². The van der Waals surface area contributed by atoms with Gasteiger partial charge in [-0.15, -0.1) is 0 Å². The number of aldehydes is 1. The van der Waals surface area contributed by atoms with Crippen molar-refractivity contribution in [1.29, 1.82) is 0 Å². The highest BCUT2D eigenvalue weighted by molar-refractivity contribution is 7.90. The van der Waals surface area contributed by atoms with Crippen LogP contribution in [0.4, 0.5) is 5.69 Å². The molecular formula is C25H18N2O5S. The van der Waals surface area contributed by atoms with E-state index in [4.69, 9.17) is 0 Å². The maximum Gasteiger partial charge on any atom is 0.269 e. The summed E-state index contributed by atoms with van der Waals surface area (Å²) < 4.78 is 28.8. The van der Waals surface area contributed by atoms with Gasteiger partial charge in [-0.1, -0.05) is 48.5 Å². The summed E-state index contributed by atoms with van der Waals surface area (Å²) >= 11 is 0. The molecule has 1 aliphatic rings. The Morgan fingerprint density at radius 1 is 0.939 bits per heavy atom. The molecule has 0 bridgehead atoms. The molecule has 0 saturated carbocycles. The summed E-state index contributed by atoms with van der Waals surface area (Å²) in [6.07, 6.45) is 2.93. The molecule has 164 valence electrons. The van der Waals surface area contributed by atoms with Gasteiger partial charge in [0, 0.05) is 46.7 Å². The van der Waals surface area contributed by atoms with Crippen LogP contribution in [-0.2, 0) is 21.2 Å². The predicted octanol–water partition coefficient (Wildman–Crippen LogP) is 4.71. The number of hydrogen-bond donors (Lipinski definition) is 0. The Morgan fingerprint density at radius 3 is 2.27 bits per heavy atom. The molecule has 0 unspecified atom stereocenters. The monoisotopic (exact) mass is 458 g/mol. The fraction of sp³-hybridized carbons (Fsp3) is 0.0800. The van der Waals surface area contributed by atoms with Gasteiger partial charge in [-0.2, -0.15) is 0 Å². The standard InChI is InChI=1S/C25H18N2O5S/c28-16-18-14-23-21-8-4-5-9-24(21)26(25(23)15-22(18)17-6-2-1-3-7-17)33(31,32)20-12-10-19(11-13-20)27(29)30/h1-14,16,22H,15H2/t22-/m1/s1. The highest BCUT2D eigenvalue weighted by Crippen LogP contribution is 2.41. The van der Waals surface area contributed by atoms with E-state index in [1.807, 2.05) is 42.5 Å². The molecule has 3 aromatic carbocycles. The summed E-state index contributed by atoms with van der Waals surface area (Å²) in [5, 5.41) is 11.7. The minimum atomic E-state index is -4.06. The van der Waals surface area contributed by atoms with Crippen LogP contribution in [0, 0.1) is 10.1 Å². The van der Waals surface area contributed by atoms with Crippen molar-refractivity contribution in [1.82, 2.24) is 3.97 Å². The number of fused-ring (bicyclic) bond motifs is 3. The van der Waals surface area contributed by atoms with E-state index in [0.717, 1.165) is 17.2 Å². The Balaban J connectivity index is 1.75. The molecule has 1 aliphatic carbocycles. The van der Waals surface area contributed by atoms with Gasteiger partial charge >= 0.3 is 0 Å². The molecule has 4 aromatic rings. The van der Waals surface area contributed by atoms with Crippen molar-refractivity contribution in [3.05, 3.63) is 111 Å². The Hall–Kier alpha value is -4.04. The molecular weight excluding hydrogens is 440 g/mol. The van der Waals surface area contributed by atoms with Crippen molar-refractivity contribution >= 4 is 39.0 Å². The lowest BCUT2D eigenvalue weighted by molar-refractivity contribution is -0.384. The van der Waals surface area contributed by atoms with Crippen LogP contribution in [0.5, 0.6) is 0 Å². The summed E-state index contributed by atoms with van der Waals surface area (Å²) in [4.78, 5) is 22.3. The number of carbonyl (C=O) groups is 1. The normalized spacial score (nSPS) is 15.6. The lowest BCUT2D eigenvalue weighted by Gasteiger charge is -2.24. The third-order valence-electron chi connectivity index (χ3n) is 6.00. The molecule has 7 nitrogen and oxygen atoms in total. The van der Waals surface area contributed by atoms with Crippen molar-refractivity contribution in [2.45, 2.75) is 17.2 Å². The van der Waals surface area contributed by atoms with Crippen molar-refractivity contribution in [2.75, 3.05) is 0 Å². The lowest BCUT2D eigenvalue weighted by Crippen LogP contribution is -2.20. The van der Waals surface area contributed by atoms with Crippen molar-refractivity contribution in [2.24, 2.45) is 0 Å². The molecule has 0 amide bonds. The molecule has 0 spiro atoms. The number of nitro benzene ring substituents is 1. The largest absolute Gasteiger partial charge is 0.298 e. The number of aromatic nitrogens is 1. The minimum Gasteiger partial charge on any atom is -0.298 e. The third-order valence-corrected chi connectivity index (χ3v) is 7.77. The highest BCUT2D eigenvalue weighted by Gasteiger charge is 2.32.